The molecular weight excluding hydrogens is 200 g/mol. The summed E-state index contributed by atoms with van der Waals surface area (Å²) in [5, 5.41) is 10.8. The molecule has 0 spiro atoms. The Morgan fingerprint density at radius 1 is 1.06 bits per heavy atom. The Balaban J connectivity index is 2.07. The highest BCUT2D eigenvalue weighted by molar-refractivity contribution is 5.92. The van der Waals surface area contributed by atoms with Crippen LogP contribution in [0.1, 0.15) is 31.2 Å². The number of rotatable bonds is 1. The lowest BCUT2D eigenvalue weighted by Crippen LogP contribution is -2.53. The molecule has 1 atom stereocenters. The van der Waals surface area contributed by atoms with Crippen LogP contribution in [0.25, 0.3) is 0 Å². The van der Waals surface area contributed by atoms with E-state index < -0.39 is 5.60 Å². The van der Waals surface area contributed by atoms with Crippen molar-refractivity contribution >= 4 is 5.78 Å². The summed E-state index contributed by atoms with van der Waals surface area (Å²) in [5.74, 6) is 0.281. The maximum Gasteiger partial charge on any atom is 0.172 e. The summed E-state index contributed by atoms with van der Waals surface area (Å²) in [5.41, 5.74) is -0.406. The van der Waals surface area contributed by atoms with Crippen molar-refractivity contribution in [2.45, 2.75) is 31.3 Å². The lowest BCUT2D eigenvalue weighted by Gasteiger charge is -2.47. The summed E-state index contributed by atoms with van der Waals surface area (Å²) >= 11 is 0. The minimum atomic E-state index is -1.19. The molecule has 0 aromatic heterocycles. The predicted octanol–water partition coefficient (Wildman–Crippen LogP) is 2.26. The molecule has 3 aliphatic carbocycles. The molecule has 1 aromatic carbocycles. The molecule has 2 heteroatoms. The van der Waals surface area contributed by atoms with Crippen LogP contribution in [0.5, 0.6) is 0 Å². The average molecular weight is 216 g/mol. The number of carbonyl (C=O) groups is 1. The van der Waals surface area contributed by atoms with Gasteiger partial charge in [-0.1, -0.05) is 30.3 Å². The number of ketones is 1. The molecule has 1 aromatic rings. The average Bonchev–Trinajstić information content (AvgIpc) is 2.37. The van der Waals surface area contributed by atoms with Gasteiger partial charge in [-0.15, -0.1) is 0 Å². The highest BCUT2D eigenvalue weighted by Crippen LogP contribution is 2.49. The molecule has 0 unspecified atom stereocenters. The summed E-state index contributed by atoms with van der Waals surface area (Å²) in [7, 11) is 0. The minimum absolute atomic E-state index is 0.0567. The molecule has 0 saturated heterocycles. The lowest BCUT2D eigenvalue weighted by molar-refractivity contribution is -0.163. The fraction of sp³-hybridized carbons (Fsp3) is 0.500. The zero-order valence-electron chi connectivity index (χ0n) is 9.23. The van der Waals surface area contributed by atoms with Crippen LogP contribution in [0, 0.1) is 11.8 Å². The summed E-state index contributed by atoms with van der Waals surface area (Å²) in [6.07, 6.45) is 3.92. The van der Waals surface area contributed by atoms with Gasteiger partial charge in [-0.05, 0) is 37.2 Å². The van der Waals surface area contributed by atoms with E-state index in [0.29, 0.717) is 0 Å². The van der Waals surface area contributed by atoms with Crippen LogP contribution in [0.3, 0.4) is 0 Å². The molecule has 0 heterocycles. The van der Waals surface area contributed by atoms with Gasteiger partial charge < -0.3 is 5.11 Å². The van der Waals surface area contributed by atoms with Gasteiger partial charge in [0.15, 0.2) is 11.4 Å². The number of Topliss-reactive ketones (excluding diaryl/α,β-unsaturated/α-hetero) is 1. The van der Waals surface area contributed by atoms with Gasteiger partial charge in [-0.25, -0.2) is 0 Å². The second-order valence-corrected chi connectivity index (χ2v) is 5.05. The van der Waals surface area contributed by atoms with E-state index in [9.17, 15) is 9.90 Å². The maximum atomic E-state index is 12.3. The second kappa shape index (κ2) is 3.42. The molecule has 0 aliphatic heterocycles. The molecule has 3 saturated carbocycles. The Morgan fingerprint density at radius 3 is 2.25 bits per heavy atom. The molecule has 2 nitrogen and oxygen atoms in total. The molecule has 3 aliphatic rings. The van der Waals surface area contributed by atoms with Crippen LogP contribution in [-0.2, 0) is 10.4 Å². The summed E-state index contributed by atoms with van der Waals surface area (Å²) in [4.78, 5) is 12.3. The Labute approximate surface area is 95.3 Å². The second-order valence-electron chi connectivity index (χ2n) is 5.05. The van der Waals surface area contributed by atoms with E-state index in [1.807, 2.05) is 30.3 Å². The van der Waals surface area contributed by atoms with Crippen molar-refractivity contribution in [2.24, 2.45) is 11.8 Å². The maximum absolute atomic E-state index is 12.3. The number of benzene rings is 1. The van der Waals surface area contributed by atoms with Crippen LogP contribution < -0.4 is 0 Å². The van der Waals surface area contributed by atoms with E-state index >= 15 is 0 Å². The van der Waals surface area contributed by atoms with Crippen LogP contribution in [0.4, 0.5) is 0 Å². The van der Waals surface area contributed by atoms with E-state index in [-0.39, 0.29) is 17.6 Å². The van der Waals surface area contributed by atoms with Crippen molar-refractivity contribution in [3.05, 3.63) is 35.9 Å². The first-order valence-electron chi connectivity index (χ1n) is 6.05. The summed E-state index contributed by atoms with van der Waals surface area (Å²) in [6, 6.07) is 9.45. The summed E-state index contributed by atoms with van der Waals surface area (Å²) in [6.45, 7) is 0. The molecule has 84 valence electrons. The van der Waals surface area contributed by atoms with Gasteiger partial charge >= 0.3 is 0 Å². The van der Waals surface area contributed by atoms with E-state index in [0.717, 1.165) is 31.2 Å². The first-order chi connectivity index (χ1) is 7.73. The Morgan fingerprint density at radius 2 is 1.69 bits per heavy atom. The number of hydrogen-bond donors (Lipinski definition) is 1. The number of fused-ring (bicyclic) bond motifs is 3. The molecule has 0 radical (unpaired) electrons. The zero-order valence-corrected chi connectivity index (χ0v) is 9.23. The van der Waals surface area contributed by atoms with Crippen molar-refractivity contribution in [2.75, 3.05) is 0 Å². The van der Waals surface area contributed by atoms with Gasteiger partial charge in [0.05, 0.1) is 0 Å². The van der Waals surface area contributed by atoms with E-state index in [2.05, 4.69) is 0 Å². The SMILES string of the molecule is O=C1C2CCC(CC2)[C@@]1(O)c1ccccc1. The number of hydrogen-bond acceptors (Lipinski definition) is 2. The molecule has 16 heavy (non-hydrogen) atoms. The van der Waals surface area contributed by atoms with Gasteiger partial charge in [-0.3, -0.25) is 4.79 Å². The Bertz CT molecular complexity index is 404. The molecular formula is C14H16O2. The largest absolute Gasteiger partial charge is 0.377 e. The van der Waals surface area contributed by atoms with Crippen LogP contribution in [-0.4, -0.2) is 10.9 Å². The highest BCUT2D eigenvalue weighted by atomic mass is 16.3. The minimum Gasteiger partial charge on any atom is -0.377 e. The first-order valence-corrected chi connectivity index (χ1v) is 6.05. The fourth-order valence-electron chi connectivity index (χ4n) is 3.36. The number of aliphatic hydroxyl groups is 1. The standard InChI is InChI=1S/C14H16O2/c15-13-10-6-8-12(9-7-10)14(13,16)11-4-2-1-3-5-11/h1-5,10,12,16H,6-9H2/t10?,12?,14-/m0/s1. The third-order valence-corrected chi connectivity index (χ3v) is 4.28. The Kier molecular flexibility index (Phi) is 2.15. The fourth-order valence-corrected chi connectivity index (χ4v) is 3.36. The van der Waals surface area contributed by atoms with Crippen molar-refractivity contribution in [1.82, 2.24) is 0 Å². The van der Waals surface area contributed by atoms with Crippen molar-refractivity contribution < 1.29 is 9.90 Å². The van der Waals surface area contributed by atoms with Gasteiger partial charge in [0, 0.05) is 5.92 Å². The predicted molar refractivity (Wildman–Crippen MR) is 60.8 cm³/mol. The third kappa shape index (κ3) is 1.20. The molecule has 3 fully saturated rings. The quantitative estimate of drug-likeness (QED) is 0.781. The molecule has 0 amide bonds. The van der Waals surface area contributed by atoms with Crippen molar-refractivity contribution in [1.29, 1.82) is 0 Å². The topological polar surface area (TPSA) is 37.3 Å². The summed E-state index contributed by atoms with van der Waals surface area (Å²) < 4.78 is 0. The number of carbonyl (C=O) groups excluding carboxylic acids is 1. The van der Waals surface area contributed by atoms with E-state index in [1.54, 1.807) is 0 Å². The van der Waals surface area contributed by atoms with E-state index in [4.69, 9.17) is 0 Å². The van der Waals surface area contributed by atoms with Gasteiger partial charge in [0.1, 0.15) is 0 Å². The van der Waals surface area contributed by atoms with Crippen molar-refractivity contribution in [3.8, 4) is 0 Å². The monoisotopic (exact) mass is 216 g/mol. The first kappa shape index (κ1) is 10.0. The molecule has 1 N–H and O–H groups in total. The van der Waals surface area contributed by atoms with Gasteiger partial charge in [0.25, 0.3) is 0 Å². The van der Waals surface area contributed by atoms with Crippen LogP contribution in [0.15, 0.2) is 30.3 Å². The Hall–Kier alpha value is -1.15. The smallest absolute Gasteiger partial charge is 0.172 e. The third-order valence-electron chi connectivity index (χ3n) is 4.28. The molecule has 4 rings (SSSR count). The van der Waals surface area contributed by atoms with Gasteiger partial charge in [-0.2, -0.15) is 0 Å². The van der Waals surface area contributed by atoms with Crippen LogP contribution in [0.2, 0.25) is 0 Å². The lowest BCUT2D eigenvalue weighted by atomic mass is 9.59. The zero-order chi connectivity index (χ0) is 11.2. The molecule has 2 bridgehead atoms. The van der Waals surface area contributed by atoms with Crippen molar-refractivity contribution in [3.63, 3.8) is 0 Å². The van der Waals surface area contributed by atoms with E-state index in [1.165, 1.54) is 0 Å². The normalized spacial score (nSPS) is 37.7. The highest BCUT2D eigenvalue weighted by Gasteiger charge is 2.53. The van der Waals surface area contributed by atoms with Crippen LogP contribution >= 0.6 is 0 Å². The van der Waals surface area contributed by atoms with Gasteiger partial charge in [0.2, 0.25) is 0 Å².